The van der Waals surface area contributed by atoms with Crippen LogP contribution in [0.3, 0.4) is 0 Å². The van der Waals surface area contributed by atoms with Crippen LogP contribution < -0.4 is 22.2 Å². The summed E-state index contributed by atoms with van der Waals surface area (Å²) >= 11 is 6.00. The van der Waals surface area contributed by atoms with Crippen molar-refractivity contribution in [3.63, 3.8) is 0 Å². The topological polar surface area (TPSA) is 111 Å². The van der Waals surface area contributed by atoms with Crippen molar-refractivity contribution in [2.45, 2.75) is 126 Å². The van der Waals surface area contributed by atoms with Crippen LogP contribution in [-0.2, 0) is 31.9 Å². The number of hydrogen-bond acceptors (Lipinski definition) is 9. The standard InChI is InChI=1S/C57H56N4O4.C4H10O.2BrH.Ni/c1-31-17-13-18-32(2)47(31)58-51-53(60-49-35(5)21-15-22-36(49)6)64-45-27-41-39(25-43(45)62-51)55(9,10)29-57(41)30-56(11,12)40-26-44-46(28-42(40)57)65-54(61-50-37(7)23-16-24-38(50)8)52(63-44)59-48-33(3)19-14-20-34(48)4;1-3-5-4-2;;;/h13-28H,29-30H2,1-12H3;3-4H2,1-2H3;2*1H;/q;;;;+2/p-2. The Bertz CT molecular complexity index is 3390. The van der Waals surface area contributed by atoms with E-state index in [1.165, 1.54) is 33.2 Å². The molecule has 9 nitrogen and oxygen atoms in total. The summed E-state index contributed by atoms with van der Waals surface area (Å²) in [5, 5.41) is 0. The molecule has 2 aromatic heterocycles. The van der Waals surface area contributed by atoms with Crippen LogP contribution in [0.2, 0.25) is 0 Å². The van der Waals surface area contributed by atoms with E-state index in [0.29, 0.717) is 44.5 Å². The van der Waals surface area contributed by atoms with Crippen molar-refractivity contribution in [3.05, 3.63) is 186 Å². The zero-order chi connectivity index (χ0) is 52.6. The first-order chi connectivity index (χ1) is 34.7. The molecular formula is C61H66Br2N4NiO5. The molecule has 8 aromatic rings. The Hall–Kier alpha value is -5.39. The van der Waals surface area contributed by atoms with Crippen LogP contribution in [0.1, 0.15) is 121 Å². The van der Waals surface area contributed by atoms with Gasteiger partial charge in [0.25, 0.3) is 22.2 Å². The van der Waals surface area contributed by atoms with Crippen molar-refractivity contribution >= 4 is 73.5 Å². The van der Waals surface area contributed by atoms with Crippen molar-refractivity contribution in [2.75, 3.05) is 13.2 Å². The van der Waals surface area contributed by atoms with Crippen molar-refractivity contribution in [3.8, 4) is 0 Å². The van der Waals surface area contributed by atoms with Crippen molar-refractivity contribution in [1.29, 1.82) is 0 Å². The van der Waals surface area contributed by atoms with E-state index in [4.69, 9.17) is 42.4 Å². The molecule has 0 saturated heterocycles. The van der Waals surface area contributed by atoms with Crippen LogP contribution >= 0.6 is 28.5 Å². The number of ether oxygens (including phenoxy) is 1. The second-order valence-corrected chi connectivity index (χ2v) is 25.7. The van der Waals surface area contributed by atoms with Gasteiger partial charge in [0.15, 0.2) is 22.3 Å². The molecule has 384 valence electrons. The maximum atomic E-state index is 6.92. The molecule has 2 aliphatic rings. The van der Waals surface area contributed by atoms with Crippen LogP contribution in [0.4, 0.5) is 22.7 Å². The molecule has 0 N–H and O–H groups in total. The van der Waals surface area contributed by atoms with Gasteiger partial charge in [0.2, 0.25) is 0 Å². The summed E-state index contributed by atoms with van der Waals surface area (Å²) in [5.74, 6) is 0. The fourth-order valence-electron chi connectivity index (χ4n) is 11.1. The number of para-hydroxylation sites is 4. The van der Waals surface area contributed by atoms with Gasteiger partial charge in [-0.3, -0.25) is 0 Å². The zero-order valence-electron chi connectivity index (χ0n) is 44.5. The summed E-state index contributed by atoms with van der Waals surface area (Å²) in [6, 6.07) is 33.5. The summed E-state index contributed by atoms with van der Waals surface area (Å²) in [5.41, 5.74) is 19.6. The van der Waals surface area contributed by atoms with Gasteiger partial charge in [-0.15, -0.1) is 0 Å². The van der Waals surface area contributed by atoms with E-state index in [0.717, 1.165) is 93.3 Å². The van der Waals surface area contributed by atoms with Crippen LogP contribution in [0.25, 0.3) is 22.3 Å². The summed E-state index contributed by atoms with van der Waals surface area (Å²) in [7, 11) is 1.25. The van der Waals surface area contributed by atoms with E-state index in [9.17, 15) is 0 Å². The Kier molecular flexibility index (Phi) is 16.1. The van der Waals surface area contributed by atoms with Gasteiger partial charge in [-0.1, -0.05) is 100 Å². The Morgan fingerprint density at radius 2 is 0.644 bits per heavy atom. The van der Waals surface area contributed by atoms with Gasteiger partial charge >= 0.3 is 39.3 Å². The average Bonchev–Trinajstić information content (AvgIpc) is 3.68. The second-order valence-electron chi connectivity index (χ2n) is 20.8. The SMILES string of the molecule is CCOCC.Cc1cccc(C)c1N=c1oc2cc3c(cc2oc1=Nc1c(C)cccc1C)C1(CC3(C)C)CC(C)(C)c2cc3oc(=Nc4c(C)cccc4C)c(=Nc4c(C)cccc4C)oc3cc21.[Br][Ni][Br]. The third-order valence-electron chi connectivity index (χ3n) is 14.4. The van der Waals surface area contributed by atoms with Crippen molar-refractivity contribution in [2.24, 2.45) is 20.0 Å². The molecule has 10 rings (SSSR count). The van der Waals surface area contributed by atoms with E-state index in [1.807, 2.05) is 38.1 Å². The van der Waals surface area contributed by atoms with Gasteiger partial charge < -0.3 is 22.4 Å². The first-order valence-electron chi connectivity index (χ1n) is 24.9. The average molecular weight is 1150 g/mol. The van der Waals surface area contributed by atoms with Crippen LogP contribution in [0.5, 0.6) is 0 Å². The normalized spacial score (nSPS) is 17.3. The molecule has 2 aliphatic carbocycles. The van der Waals surface area contributed by atoms with Gasteiger partial charge in [-0.2, -0.15) is 0 Å². The number of halogens is 2. The molecule has 0 aliphatic heterocycles. The van der Waals surface area contributed by atoms with Gasteiger partial charge in [-0.25, -0.2) is 20.0 Å². The van der Waals surface area contributed by atoms with E-state index in [1.54, 1.807) is 0 Å². The Labute approximate surface area is 449 Å². The summed E-state index contributed by atoms with van der Waals surface area (Å²) in [4.78, 5) is 20.5. The fraction of sp³-hybridized carbons (Fsp3) is 0.344. The van der Waals surface area contributed by atoms with Crippen LogP contribution in [-0.4, -0.2) is 13.2 Å². The Balaban J connectivity index is 0.000000830. The van der Waals surface area contributed by atoms with Crippen molar-refractivity contribution in [1.82, 2.24) is 0 Å². The predicted octanol–water partition coefficient (Wildman–Crippen LogP) is 16.1. The number of aryl methyl sites for hydroxylation is 8. The molecule has 2 heterocycles. The van der Waals surface area contributed by atoms with Gasteiger partial charge in [-0.05, 0) is 184 Å². The fourth-order valence-corrected chi connectivity index (χ4v) is 11.1. The minimum absolute atomic E-state index is 0.213. The quantitative estimate of drug-likeness (QED) is 0.154. The molecule has 0 amide bonds. The first kappa shape index (κ1) is 53.9. The number of rotatable bonds is 6. The van der Waals surface area contributed by atoms with E-state index < -0.39 is 0 Å². The maximum absolute atomic E-state index is 6.92. The third kappa shape index (κ3) is 10.8. The molecule has 0 saturated carbocycles. The molecule has 0 atom stereocenters. The Morgan fingerprint density at radius 1 is 0.425 bits per heavy atom. The zero-order valence-corrected chi connectivity index (χ0v) is 48.6. The summed E-state index contributed by atoms with van der Waals surface area (Å²) in [6.07, 6.45) is 1.76. The number of hydrogen-bond donors (Lipinski definition) is 0. The van der Waals surface area contributed by atoms with E-state index >= 15 is 0 Å². The predicted molar refractivity (Wildman–Crippen MR) is 298 cm³/mol. The second kappa shape index (κ2) is 21.8. The summed E-state index contributed by atoms with van der Waals surface area (Å²) in [6.45, 7) is 31.5. The number of benzene rings is 6. The number of nitrogens with zero attached hydrogens (tertiary/aromatic N) is 4. The first-order valence-corrected chi connectivity index (χ1v) is 29.7. The van der Waals surface area contributed by atoms with Crippen LogP contribution in [0, 0.1) is 55.4 Å². The van der Waals surface area contributed by atoms with E-state index in [2.05, 4.69) is 184 Å². The van der Waals surface area contributed by atoms with Gasteiger partial charge in [0.05, 0.1) is 22.7 Å². The molecule has 0 bridgehead atoms. The Morgan fingerprint density at radius 3 is 0.849 bits per heavy atom. The molecule has 6 aromatic carbocycles. The number of fused-ring (bicyclic) bond motifs is 6. The molecule has 12 heteroatoms. The molecule has 0 fully saturated rings. The van der Waals surface area contributed by atoms with Gasteiger partial charge in [0.1, 0.15) is 0 Å². The minimum atomic E-state index is -0.373. The summed E-state index contributed by atoms with van der Waals surface area (Å²) < 4.78 is 32.4. The third-order valence-corrected chi connectivity index (χ3v) is 14.4. The monoisotopic (exact) mass is 1150 g/mol. The molecule has 0 unspecified atom stereocenters. The van der Waals surface area contributed by atoms with Crippen LogP contribution in [0.15, 0.2) is 135 Å². The molecule has 73 heavy (non-hydrogen) atoms. The van der Waals surface area contributed by atoms with Gasteiger partial charge in [0, 0.05) is 18.6 Å². The molecular weight excluding hydrogens is 1090 g/mol. The van der Waals surface area contributed by atoms with E-state index in [-0.39, 0.29) is 16.2 Å². The molecule has 1 spiro atoms. The molecule has 0 radical (unpaired) electrons. The van der Waals surface area contributed by atoms with Crippen molar-refractivity contribution < 1.29 is 33.3 Å².